The van der Waals surface area contributed by atoms with Crippen molar-refractivity contribution < 1.29 is 36.2 Å². The molecular weight excluding hydrogens is 485 g/mol. The Morgan fingerprint density at radius 3 is 2.53 bits per heavy atom. The summed E-state index contributed by atoms with van der Waals surface area (Å²) in [6, 6.07) is 4.16. The van der Waals surface area contributed by atoms with Crippen LogP contribution in [0.5, 0.6) is 11.5 Å². The molecule has 11 heteroatoms. The van der Waals surface area contributed by atoms with Crippen LogP contribution in [-0.2, 0) is 11.6 Å². The molecular formula is C25H28F5N3O3. The Balaban J connectivity index is 1.50. The van der Waals surface area contributed by atoms with Crippen molar-refractivity contribution in [3.63, 3.8) is 0 Å². The van der Waals surface area contributed by atoms with Gasteiger partial charge in [-0.05, 0) is 69.1 Å². The quantitative estimate of drug-likeness (QED) is 0.532. The molecule has 0 bridgehead atoms. The van der Waals surface area contributed by atoms with E-state index in [4.69, 9.17) is 9.47 Å². The lowest BCUT2D eigenvalue weighted by Crippen LogP contribution is -2.52. The number of nitrogens with zero attached hydrogens (tertiary/aromatic N) is 1. The molecule has 2 aromatic rings. The zero-order valence-electron chi connectivity index (χ0n) is 20.1. The van der Waals surface area contributed by atoms with E-state index < -0.39 is 34.8 Å². The maximum atomic E-state index is 15.5. The lowest BCUT2D eigenvalue weighted by Gasteiger charge is -2.45. The summed E-state index contributed by atoms with van der Waals surface area (Å²) in [6.07, 6.45) is -2.40. The third kappa shape index (κ3) is 4.80. The van der Waals surface area contributed by atoms with E-state index in [-0.39, 0.29) is 23.5 Å². The highest BCUT2D eigenvalue weighted by atomic mass is 19.4. The summed E-state index contributed by atoms with van der Waals surface area (Å²) in [6.45, 7) is 0.737. The van der Waals surface area contributed by atoms with Crippen molar-refractivity contribution in [3.05, 3.63) is 53.1 Å². The number of urea groups is 1. The summed E-state index contributed by atoms with van der Waals surface area (Å²) < 4.78 is 78.6. The lowest BCUT2D eigenvalue weighted by molar-refractivity contribution is -0.137. The van der Waals surface area contributed by atoms with Crippen LogP contribution in [0.15, 0.2) is 30.3 Å². The predicted octanol–water partition coefficient (Wildman–Crippen LogP) is 5.32. The van der Waals surface area contributed by atoms with Gasteiger partial charge in [0, 0.05) is 23.2 Å². The van der Waals surface area contributed by atoms with E-state index >= 15 is 4.39 Å². The van der Waals surface area contributed by atoms with E-state index in [1.54, 1.807) is 12.1 Å². The average molecular weight is 514 g/mol. The van der Waals surface area contributed by atoms with Crippen molar-refractivity contribution in [2.75, 3.05) is 33.1 Å². The number of benzene rings is 2. The summed E-state index contributed by atoms with van der Waals surface area (Å²) >= 11 is 0. The van der Waals surface area contributed by atoms with Crippen molar-refractivity contribution in [1.29, 1.82) is 0 Å². The highest BCUT2D eigenvalue weighted by Crippen LogP contribution is 2.51. The maximum Gasteiger partial charge on any atom is 0.416 e. The second-order valence-corrected chi connectivity index (χ2v) is 9.36. The van der Waals surface area contributed by atoms with E-state index in [0.717, 1.165) is 19.0 Å². The van der Waals surface area contributed by atoms with Crippen LogP contribution >= 0.6 is 0 Å². The van der Waals surface area contributed by atoms with Gasteiger partial charge in [-0.1, -0.05) is 6.07 Å². The van der Waals surface area contributed by atoms with Gasteiger partial charge in [0.1, 0.15) is 5.82 Å². The van der Waals surface area contributed by atoms with Crippen molar-refractivity contribution in [2.45, 2.75) is 49.4 Å². The van der Waals surface area contributed by atoms with Crippen molar-refractivity contribution in [1.82, 2.24) is 10.2 Å². The van der Waals surface area contributed by atoms with Gasteiger partial charge in [0.15, 0.2) is 17.3 Å². The van der Waals surface area contributed by atoms with Gasteiger partial charge in [-0.15, -0.1) is 0 Å². The predicted molar refractivity (Wildman–Crippen MR) is 123 cm³/mol. The Morgan fingerprint density at radius 2 is 1.86 bits per heavy atom. The number of likely N-dealkylation sites (tertiary alicyclic amines) is 1. The van der Waals surface area contributed by atoms with Gasteiger partial charge in [0.25, 0.3) is 0 Å². The summed E-state index contributed by atoms with van der Waals surface area (Å²) in [5.74, 6) is -1.22. The summed E-state index contributed by atoms with van der Waals surface area (Å²) in [4.78, 5) is 14.7. The van der Waals surface area contributed by atoms with Crippen LogP contribution in [0.4, 0.5) is 32.4 Å². The van der Waals surface area contributed by atoms with Crippen molar-refractivity contribution in [2.24, 2.45) is 0 Å². The number of halogens is 5. The number of nitrogens with one attached hydrogen (secondary N) is 2. The van der Waals surface area contributed by atoms with Crippen LogP contribution < -0.4 is 20.1 Å². The fraction of sp³-hybridized carbons (Fsp3) is 0.480. The molecule has 2 N–H and O–H groups in total. The van der Waals surface area contributed by atoms with Crippen LogP contribution in [0.1, 0.15) is 36.8 Å². The van der Waals surface area contributed by atoms with Crippen molar-refractivity contribution in [3.8, 4) is 11.5 Å². The molecule has 6 nitrogen and oxygen atoms in total. The van der Waals surface area contributed by atoms with Gasteiger partial charge in [-0.3, -0.25) is 0 Å². The molecule has 196 valence electrons. The number of carbonyl (C=O) groups excluding carboxylic acids is 1. The Hall–Kier alpha value is -3.08. The molecule has 2 amide bonds. The van der Waals surface area contributed by atoms with Crippen molar-refractivity contribution >= 4 is 11.7 Å². The third-order valence-corrected chi connectivity index (χ3v) is 7.37. The first kappa shape index (κ1) is 26.0. The SMILES string of the molecule is COc1ccc([C@@]23CC[C@@H](NC(=O)Nc4cc(F)cc(C(F)(F)F)c4)C[C@@H]2N(C)CC3)c(F)c1OC. The van der Waals surface area contributed by atoms with Gasteiger partial charge in [-0.25, -0.2) is 13.6 Å². The molecule has 2 aromatic carbocycles. The molecule has 0 unspecified atom stereocenters. The topological polar surface area (TPSA) is 62.8 Å². The molecule has 1 aliphatic carbocycles. The molecule has 3 atom stereocenters. The van der Waals surface area contributed by atoms with E-state index in [1.165, 1.54) is 14.2 Å². The Morgan fingerprint density at radius 1 is 1.11 bits per heavy atom. The van der Waals surface area contributed by atoms with Gasteiger partial charge in [0.05, 0.1) is 19.8 Å². The lowest BCUT2D eigenvalue weighted by atomic mass is 9.65. The monoisotopic (exact) mass is 513 g/mol. The number of hydrogen-bond donors (Lipinski definition) is 2. The molecule has 4 rings (SSSR count). The first-order valence-corrected chi connectivity index (χ1v) is 11.5. The Bertz CT molecular complexity index is 1140. The van der Waals surface area contributed by atoms with Gasteiger partial charge < -0.3 is 25.0 Å². The molecule has 1 aliphatic heterocycles. The van der Waals surface area contributed by atoms with E-state index in [0.29, 0.717) is 42.7 Å². The number of fused-ring (bicyclic) bond motifs is 1. The van der Waals surface area contributed by atoms with E-state index in [1.807, 2.05) is 7.05 Å². The molecule has 2 fully saturated rings. The Kier molecular flexibility index (Phi) is 7.05. The van der Waals surface area contributed by atoms with Crippen LogP contribution in [0.3, 0.4) is 0 Å². The highest BCUT2D eigenvalue weighted by molar-refractivity contribution is 5.89. The fourth-order valence-electron chi connectivity index (χ4n) is 5.67. The van der Waals surface area contributed by atoms with Gasteiger partial charge >= 0.3 is 12.2 Å². The number of carbonyl (C=O) groups is 1. The number of methoxy groups -OCH3 is 2. The number of amides is 2. The zero-order chi connectivity index (χ0) is 26.3. The normalized spacial score (nSPS) is 24.2. The van der Waals surface area contributed by atoms with E-state index in [9.17, 15) is 22.4 Å². The number of alkyl halides is 3. The van der Waals surface area contributed by atoms with Crippen LogP contribution in [-0.4, -0.2) is 50.8 Å². The van der Waals surface area contributed by atoms with Crippen LogP contribution in [0, 0.1) is 11.6 Å². The number of ether oxygens (including phenoxy) is 2. The molecule has 0 spiro atoms. The molecule has 1 heterocycles. The molecule has 1 saturated carbocycles. The zero-order valence-corrected chi connectivity index (χ0v) is 20.1. The minimum Gasteiger partial charge on any atom is -0.493 e. The van der Waals surface area contributed by atoms with Crippen LogP contribution in [0.2, 0.25) is 0 Å². The Labute approximate surface area is 205 Å². The number of likely N-dealkylation sites (N-methyl/N-ethyl adjacent to an activating group) is 1. The highest BCUT2D eigenvalue weighted by Gasteiger charge is 2.52. The van der Waals surface area contributed by atoms with Crippen LogP contribution in [0.25, 0.3) is 0 Å². The first-order chi connectivity index (χ1) is 17.0. The second-order valence-electron chi connectivity index (χ2n) is 9.36. The number of hydrogen-bond acceptors (Lipinski definition) is 4. The largest absolute Gasteiger partial charge is 0.493 e. The van der Waals surface area contributed by atoms with E-state index in [2.05, 4.69) is 15.5 Å². The van der Waals surface area contributed by atoms with Gasteiger partial charge in [0.2, 0.25) is 0 Å². The standard InChI is InChI=1S/C25H28F5N3O3/c1-33-9-8-24(18-4-5-19(35-2)22(36-3)21(18)27)7-6-16(13-20(24)33)31-23(34)32-17-11-14(25(28,29)30)10-15(26)12-17/h4-5,10-12,16,20H,6-9,13H2,1-3H3,(H2,31,32,34)/t16-,20+,24+/m1/s1. The van der Waals surface area contributed by atoms with Gasteiger partial charge in [-0.2, -0.15) is 13.2 Å². The smallest absolute Gasteiger partial charge is 0.416 e. The summed E-state index contributed by atoms with van der Waals surface area (Å²) in [5.41, 5.74) is -1.44. The molecule has 0 aromatic heterocycles. The summed E-state index contributed by atoms with van der Waals surface area (Å²) in [5, 5.41) is 5.08. The fourth-order valence-corrected chi connectivity index (χ4v) is 5.67. The minimum atomic E-state index is -4.74. The first-order valence-electron chi connectivity index (χ1n) is 11.5. The third-order valence-electron chi connectivity index (χ3n) is 7.37. The molecule has 0 radical (unpaired) electrons. The summed E-state index contributed by atoms with van der Waals surface area (Å²) in [7, 11) is 4.77. The minimum absolute atomic E-state index is 0.0469. The molecule has 1 saturated heterocycles. The molecule has 36 heavy (non-hydrogen) atoms. The molecule has 2 aliphatic rings. The average Bonchev–Trinajstić information content (AvgIpc) is 3.14. The number of anilines is 1. The maximum absolute atomic E-state index is 15.5. The number of rotatable bonds is 5. The second kappa shape index (κ2) is 9.76.